The first-order chi connectivity index (χ1) is 16.9. The number of imide groups is 1. The van der Waals surface area contributed by atoms with Crippen LogP contribution in [0.4, 0.5) is 20.6 Å². The van der Waals surface area contributed by atoms with Crippen molar-refractivity contribution in [3.8, 4) is 0 Å². The summed E-state index contributed by atoms with van der Waals surface area (Å²) in [6.07, 6.45) is 0.620. The predicted molar refractivity (Wildman–Crippen MR) is 130 cm³/mol. The molecular weight excluding hydrogens is 447 g/mol. The number of para-hydroxylation sites is 2. The highest BCUT2D eigenvalue weighted by atomic mass is 19.1. The number of nitrogens with zero attached hydrogens (tertiary/aromatic N) is 2. The van der Waals surface area contributed by atoms with E-state index in [2.05, 4.69) is 10.3 Å². The van der Waals surface area contributed by atoms with Crippen molar-refractivity contribution in [3.63, 3.8) is 0 Å². The van der Waals surface area contributed by atoms with Gasteiger partial charge in [0.05, 0.1) is 16.9 Å². The maximum atomic E-state index is 14.0. The van der Waals surface area contributed by atoms with Crippen molar-refractivity contribution >= 4 is 40.1 Å². The van der Waals surface area contributed by atoms with Crippen molar-refractivity contribution in [2.75, 3.05) is 16.8 Å². The molecule has 174 valence electrons. The number of benzene rings is 3. The average molecular weight is 468 g/mol. The van der Waals surface area contributed by atoms with Crippen molar-refractivity contribution in [2.24, 2.45) is 0 Å². The van der Waals surface area contributed by atoms with E-state index in [1.54, 1.807) is 36.1 Å². The molecule has 1 aromatic heterocycles. The van der Waals surface area contributed by atoms with E-state index in [9.17, 15) is 18.8 Å². The first-order valence-corrected chi connectivity index (χ1v) is 11.3. The number of carbonyl (C=O) groups is 3. The summed E-state index contributed by atoms with van der Waals surface area (Å²) in [5, 5.41) is 3.75. The second-order valence-electron chi connectivity index (χ2n) is 8.90. The van der Waals surface area contributed by atoms with Crippen LogP contribution in [-0.4, -0.2) is 34.3 Å². The lowest BCUT2D eigenvalue weighted by atomic mass is 9.87. The molecule has 0 spiro atoms. The summed E-state index contributed by atoms with van der Waals surface area (Å²) in [7, 11) is 0. The second kappa shape index (κ2) is 7.53. The van der Waals surface area contributed by atoms with E-state index in [4.69, 9.17) is 0 Å². The molecule has 0 radical (unpaired) electrons. The second-order valence-corrected chi connectivity index (χ2v) is 8.90. The number of amides is 4. The van der Waals surface area contributed by atoms with Gasteiger partial charge in [0.15, 0.2) is 5.54 Å². The van der Waals surface area contributed by atoms with Gasteiger partial charge in [0, 0.05) is 23.1 Å². The Morgan fingerprint density at radius 3 is 2.51 bits per heavy atom. The average Bonchev–Trinajstić information content (AvgIpc) is 3.34. The normalized spacial score (nSPS) is 19.1. The quantitative estimate of drug-likeness (QED) is 0.424. The van der Waals surface area contributed by atoms with E-state index in [0.717, 1.165) is 21.4 Å². The van der Waals surface area contributed by atoms with Crippen molar-refractivity contribution in [1.82, 2.24) is 9.88 Å². The molecule has 6 rings (SSSR count). The van der Waals surface area contributed by atoms with E-state index in [1.165, 1.54) is 24.3 Å². The zero-order valence-electron chi connectivity index (χ0n) is 18.8. The van der Waals surface area contributed by atoms with Crippen LogP contribution in [0.1, 0.15) is 28.5 Å². The monoisotopic (exact) mass is 468 g/mol. The highest BCUT2D eigenvalue weighted by molar-refractivity contribution is 6.26. The molecule has 1 saturated heterocycles. The van der Waals surface area contributed by atoms with Gasteiger partial charge in [-0.05, 0) is 61.4 Å². The summed E-state index contributed by atoms with van der Waals surface area (Å²) in [4.78, 5) is 46.7. The molecular formula is C27H21FN4O3. The molecule has 8 heteroatoms. The molecule has 35 heavy (non-hydrogen) atoms. The highest BCUT2D eigenvalue weighted by Crippen LogP contribution is 2.45. The molecule has 2 aliphatic heterocycles. The van der Waals surface area contributed by atoms with E-state index < -0.39 is 29.2 Å². The number of halogens is 1. The summed E-state index contributed by atoms with van der Waals surface area (Å²) < 4.78 is 13.3. The zero-order valence-corrected chi connectivity index (χ0v) is 18.8. The number of fused-ring (bicyclic) bond motifs is 5. The molecule has 0 aliphatic carbocycles. The fourth-order valence-electron chi connectivity index (χ4n) is 5.20. The molecule has 4 amide bonds. The van der Waals surface area contributed by atoms with E-state index in [-0.39, 0.29) is 11.3 Å². The number of hydrogen-bond donors (Lipinski definition) is 2. The lowest BCUT2D eigenvalue weighted by molar-refractivity contribution is -0.125. The van der Waals surface area contributed by atoms with Crippen LogP contribution in [0.5, 0.6) is 0 Å². The summed E-state index contributed by atoms with van der Waals surface area (Å²) in [5.74, 6) is -1.34. The molecule has 0 saturated carbocycles. The largest absolute Gasteiger partial charge is 0.356 e. The van der Waals surface area contributed by atoms with E-state index in [1.807, 2.05) is 24.3 Å². The number of anilines is 2. The standard InChI is InChI=1S/C27H21FN4O3/c1-27-23-19(18-6-2-4-8-21(18)30-23)14-15-31(27)26(35)32(25(27)34)22-9-5-3-7-20(22)24(33)29-17-12-10-16(28)11-13-17/h2-13,30H,14-15H2,1H3,(H,29,33)/t27-/m0/s1. The lowest BCUT2D eigenvalue weighted by Crippen LogP contribution is -2.49. The molecule has 2 aliphatic rings. The van der Waals surface area contributed by atoms with Crippen molar-refractivity contribution in [3.05, 3.63) is 95.4 Å². The van der Waals surface area contributed by atoms with Gasteiger partial charge in [-0.2, -0.15) is 0 Å². The van der Waals surface area contributed by atoms with Crippen LogP contribution in [0.25, 0.3) is 10.9 Å². The third kappa shape index (κ3) is 2.99. The molecule has 7 nitrogen and oxygen atoms in total. The van der Waals surface area contributed by atoms with Crippen LogP contribution in [0, 0.1) is 5.82 Å². The predicted octanol–water partition coefficient (Wildman–Crippen LogP) is 4.80. The Kier molecular flexibility index (Phi) is 4.54. The molecule has 2 N–H and O–H groups in total. The number of H-pyrrole nitrogens is 1. The minimum Gasteiger partial charge on any atom is -0.356 e. The highest BCUT2D eigenvalue weighted by Gasteiger charge is 2.59. The van der Waals surface area contributed by atoms with Gasteiger partial charge >= 0.3 is 6.03 Å². The lowest BCUT2D eigenvalue weighted by Gasteiger charge is -2.35. The van der Waals surface area contributed by atoms with Crippen molar-refractivity contribution in [2.45, 2.75) is 18.9 Å². The fourth-order valence-corrected chi connectivity index (χ4v) is 5.20. The SMILES string of the molecule is C[C@]12C(=O)N(c3ccccc3C(=O)Nc3ccc(F)cc3)C(=O)N1CCc1c2[nH]c2ccccc12. The molecule has 0 unspecified atom stereocenters. The summed E-state index contributed by atoms with van der Waals surface area (Å²) >= 11 is 0. The number of hydrogen-bond acceptors (Lipinski definition) is 3. The van der Waals surface area contributed by atoms with Crippen LogP contribution < -0.4 is 10.2 Å². The third-order valence-corrected chi connectivity index (χ3v) is 6.96. The van der Waals surface area contributed by atoms with Gasteiger partial charge < -0.3 is 15.2 Å². The first-order valence-electron chi connectivity index (χ1n) is 11.3. The van der Waals surface area contributed by atoms with Crippen LogP contribution in [0.2, 0.25) is 0 Å². The maximum absolute atomic E-state index is 14.0. The molecule has 0 bridgehead atoms. The Bertz CT molecular complexity index is 1530. The van der Waals surface area contributed by atoms with Crippen LogP contribution in [0.3, 0.4) is 0 Å². The van der Waals surface area contributed by atoms with Gasteiger partial charge in [-0.25, -0.2) is 14.1 Å². The topological polar surface area (TPSA) is 85.5 Å². The number of aromatic amines is 1. The molecule has 1 fully saturated rings. The van der Waals surface area contributed by atoms with Crippen molar-refractivity contribution < 1.29 is 18.8 Å². The Morgan fingerprint density at radius 2 is 1.71 bits per heavy atom. The number of urea groups is 1. The Hall–Kier alpha value is -4.46. The Balaban J connectivity index is 1.41. The zero-order chi connectivity index (χ0) is 24.3. The minimum absolute atomic E-state index is 0.166. The number of carbonyl (C=O) groups excluding carboxylic acids is 3. The molecule has 3 aromatic carbocycles. The molecule has 3 heterocycles. The smallest absolute Gasteiger partial charge is 0.332 e. The maximum Gasteiger partial charge on any atom is 0.332 e. The molecule has 4 aromatic rings. The molecule has 1 atom stereocenters. The van der Waals surface area contributed by atoms with Gasteiger partial charge in [0.2, 0.25) is 0 Å². The summed E-state index contributed by atoms with van der Waals surface area (Å²) in [6.45, 7) is 2.14. The van der Waals surface area contributed by atoms with Gasteiger partial charge in [0.1, 0.15) is 5.82 Å². The van der Waals surface area contributed by atoms with E-state index >= 15 is 0 Å². The van der Waals surface area contributed by atoms with Gasteiger partial charge in [-0.15, -0.1) is 0 Å². The number of aromatic nitrogens is 1. The fraction of sp³-hybridized carbons (Fsp3) is 0.148. The van der Waals surface area contributed by atoms with Gasteiger partial charge in [0.25, 0.3) is 11.8 Å². The first kappa shape index (κ1) is 21.1. The van der Waals surface area contributed by atoms with Crippen LogP contribution in [-0.2, 0) is 16.8 Å². The Morgan fingerprint density at radius 1 is 1.00 bits per heavy atom. The van der Waals surface area contributed by atoms with E-state index in [0.29, 0.717) is 24.3 Å². The van der Waals surface area contributed by atoms with Crippen LogP contribution >= 0.6 is 0 Å². The Labute approximate surface area is 200 Å². The minimum atomic E-state index is -1.22. The summed E-state index contributed by atoms with van der Waals surface area (Å²) in [6, 6.07) is 19.2. The van der Waals surface area contributed by atoms with Gasteiger partial charge in [-0.3, -0.25) is 9.59 Å². The van der Waals surface area contributed by atoms with Gasteiger partial charge in [-0.1, -0.05) is 30.3 Å². The third-order valence-electron chi connectivity index (χ3n) is 6.96. The summed E-state index contributed by atoms with van der Waals surface area (Å²) in [5.41, 5.74) is 2.21. The van der Waals surface area contributed by atoms with Crippen LogP contribution in [0.15, 0.2) is 72.8 Å². The van der Waals surface area contributed by atoms with Crippen molar-refractivity contribution in [1.29, 1.82) is 0 Å². The number of nitrogens with one attached hydrogen (secondary N) is 2. The number of rotatable bonds is 3.